The van der Waals surface area contributed by atoms with Gasteiger partial charge < -0.3 is 9.47 Å². The Kier molecular flexibility index (Phi) is 4.60. The fourth-order valence-electron chi connectivity index (χ4n) is 4.88. The highest BCUT2D eigenvalue weighted by atomic mass is 16.1. The highest BCUT2D eigenvalue weighted by Crippen LogP contribution is 2.32. The molecule has 0 aromatic carbocycles. The van der Waals surface area contributed by atoms with Crippen LogP contribution >= 0.6 is 0 Å². The Balaban J connectivity index is 1.40. The summed E-state index contributed by atoms with van der Waals surface area (Å²) in [6.45, 7) is 6.97. The van der Waals surface area contributed by atoms with Crippen LogP contribution in [0.4, 0.5) is 5.95 Å². The molecule has 0 spiro atoms. The van der Waals surface area contributed by atoms with Crippen molar-refractivity contribution in [2.45, 2.75) is 58.5 Å². The number of aryl methyl sites for hydroxylation is 2. The average molecular weight is 393 g/mol. The minimum absolute atomic E-state index is 0.0697. The van der Waals surface area contributed by atoms with E-state index in [4.69, 9.17) is 4.98 Å². The van der Waals surface area contributed by atoms with E-state index in [2.05, 4.69) is 32.6 Å². The molecule has 0 atom stereocenters. The SMILES string of the molecule is CCc1nccn1CC1CN(c2ncc3c(C)cc(=O)n(C4CCCC4)c3n2)C1. The summed E-state index contributed by atoms with van der Waals surface area (Å²) in [6.07, 6.45) is 11.3. The molecule has 0 radical (unpaired) electrons. The average Bonchev–Trinajstić information content (AvgIpc) is 3.35. The lowest BCUT2D eigenvalue weighted by molar-refractivity contribution is 0.348. The minimum Gasteiger partial charge on any atom is -0.340 e. The van der Waals surface area contributed by atoms with Crippen LogP contribution in [-0.4, -0.2) is 37.2 Å². The number of anilines is 1. The summed E-state index contributed by atoms with van der Waals surface area (Å²) >= 11 is 0. The lowest BCUT2D eigenvalue weighted by atomic mass is 10.0. The van der Waals surface area contributed by atoms with Gasteiger partial charge in [0, 0.05) is 68.1 Å². The van der Waals surface area contributed by atoms with Crippen LogP contribution in [0.3, 0.4) is 0 Å². The fourth-order valence-corrected chi connectivity index (χ4v) is 4.88. The van der Waals surface area contributed by atoms with Gasteiger partial charge in [0.25, 0.3) is 5.56 Å². The predicted octanol–water partition coefficient (Wildman–Crippen LogP) is 3.11. The van der Waals surface area contributed by atoms with Crippen LogP contribution in [0.2, 0.25) is 0 Å². The number of pyridine rings is 1. The molecule has 0 bridgehead atoms. The Morgan fingerprint density at radius 1 is 1.17 bits per heavy atom. The molecule has 5 rings (SSSR count). The number of rotatable bonds is 5. The van der Waals surface area contributed by atoms with Crippen molar-refractivity contribution in [3.63, 3.8) is 0 Å². The standard InChI is InChI=1S/C22H28N6O/c1-3-19-23-8-9-26(19)12-16-13-27(14-16)22-24-11-18-15(2)10-20(29)28(21(18)25-22)17-6-4-5-7-17/h8-11,16-17H,3-7,12-14H2,1-2H3. The fraction of sp³-hybridized carbons (Fsp3) is 0.545. The van der Waals surface area contributed by atoms with E-state index in [0.29, 0.717) is 5.92 Å². The van der Waals surface area contributed by atoms with Gasteiger partial charge in [-0.15, -0.1) is 0 Å². The predicted molar refractivity (Wildman–Crippen MR) is 113 cm³/mol. The van der Waals surface area contributed by atoms with Gasteiger partial charge in [-0.25, -0.2) is 9.97 Å². The Labute approximate surface area is 170 Å². The number of nitrogens with zero attached hydrogens (tertiary/aromatic N) is 6. The highest BCUT2D eigenvalue weighted by molar-refractivity contribution is 5.79. The molecule has 1 aliphatic carbocycles. The number of hydrogen-bond acceptors (Lipinski definition) is 5. The van der Waals surface area contributed by atoms with Gasteiger partial charge in [-0.2, -0.15) is 4.98 Å². The third-order valence-electron chi connectivity index (χ3n) is 6.49. The van der Waals surface area contributed by atoms with Gasteiger partial charge in [-0.05, 0) is 25.3 Å². The van der Waals surface area contributed by atoms with Gasteiger partial charge in [0.1, 0.15) is 11.5 Å². The molecule has 2 fully saturated rings. The molecule has 2 aliphatic rings. The van der Waals surface area contributed by atoms with Gasteiger partial charge in [-0.1, -0.05) is 19.8 Å². The van der Waals surface area contributed by atoms with Crippen LogP contribution in [0.1, 0.15) is 50.0 Å². The van der Waals surface area contributed by atoms with E-state index in [1.54, 1.807) is 6.07 Å². The van der Waals surface area contributed by atoms with E-state index in [1.807, 2.05) is 23.9 Å². The van der Waals surface area contributed by atoms with E-state index in [1.165, 1.54) is 12.8 Å². The van der Waals surface area contributed by atoms with E-state index >= 15 is 0 Å². The first-order valence-electron chi connectivity index (χ1n) is 10.8. The van der Waals surface area contributed by atoms with E-state index < -0.39 is 0 Å². The molecular weight excluding hydrogens is 364 g/mol. The molecule has 29 heavy (non-hydrogen) atoms. The smallest absolute Gasteiger partial charge is 0.252 e. The molecule has 0 amide bonds. The summed E-state index contributed by atoms with van der Waals surface area (Å²) in [5, 5.41) is 0.989. The molecular formula is C22H28N6O. The van der Waals surface area contributed by atoms with Crippen LogP contribution in [0.15, 0.2) is 29.5 Å². The molecule has 4 heterocycles. The molecule has 3 aromatic heterocycles. The van der Waals surface area contributed by atoms with Crippen molar-refractivity contribution in [2.24, 2.45) is 5.92 Å². The second-order valence-corrected chi connectivity index (χ2v) is 8.50. The minimum atomic E-state index is 0.0697. The largest absolute Gasteiger partial charge is 0.340 e. The first-order chi connectivity index (χ1) is 14.1. The van der Waals surface area contributed by atoms with Gasteiger partial charge in [-0.3, -0.25) is 9.36 Å². The number of fused-ring (bicyclic) bond motifs is 1. The second kappa shape index (κ2) is 7.28. The second-order valence-electron chi connectivity index (χ2n) is 8.50. The zero-order chi connectivity index (χ0) is 20.0. The summed E-state index contributed by atoms with van der Waals surface area (Å²) in [7, 11) is 0. The monoisotopic (exact) mass is 392 g/mol. The molecule has 1 saturated carbocycles. The maximum Gasteiger partial charge on any atom is 0.252 e. The lowest BCUT2D eigenvalue weighted by Gasteiger charge is -2.39. The number of aromatic nitrogens is 5. The molecule has 152 valence electrons. The molecule has 7 nitrogen and oxygen atoms in total. The van der Waals surface area contributed by atoms with Crippen LogP contribution in [0.25, 0.3) is 11.0 Å². The lowest BCUT2D eigenvalue weighted by Crippen LogP contribution is -2.49. The van der Waals surface area contributed by atoms with Crippen molar-refractivity contribution in [1.82, 2.24) is 24.1 Å². The van der Waals surface area contributed by atoms with Crippen molar-refractivity contribution < 1.29 is 0 Å². The third-order valence-corrected chi connectivity index (χ3v) is 6.49. The van der Waals surface area contributed by atoms with E-state index in [9.17, 15) is 4.79 Å². The Bertz CT molecular complexity index is 1090. The van der Waals surface area contributed by atoms with Crippen molar-refractivity contribution in [2.75, 3.05) is 18.0 Å². The molecule has 7 heteroatoms. The van der Waals surface area contributed by atoms with Crippen molar-refractivity contribution >= 4 is 17.0 Å². The van der Waals surface area contributed by atoms with Gasteiger partial charge >= 0.3 is 0 Å². The summed E-state index contributed by atoms with van der Waals surface area (Å²) in [5.41, 5.74) is 1.83. The highest BCUT2D eigenvalue weighted by Gasteiger charge is 2.30. The summed E-state index contributed by atoms with van der Waals surface area (Å²) in [6, 6.07) is 2.01. The van der Waals surface area contributed by atoms with Crippen LogP contribution < -0.4 is 10.5 Å². The summed E-state index contributed by atoms with van der Waals surface area (Å²) in [5.74, 6) is 2.46. The maximum atomic E-state index is 12.8. The van der Waals surface area contributed by atoms with Crippen molar-refractivity contribution in [1.29, 1.82) is 0 Å². The van der Waals surface area contributed by atoms with Gasteiger partial charge in [0.05, 0.1) is 0 Å². The summed E-state index contributed by atoms with van der Waals surface area (Å²) < 4.78 is 4.18. The van der Waals surface area contributed by atoms with Crippen LogP contribution in [0.5, 0.6) is 0 Å². The topological polar surface area (TPSA) is 68.8 Å². The molecule has 1 aliphatic heterocycles. The molecule has 1 saturated heterocycles. The molecule has 0 N–H and O–H groups in total. The number of imidazole rings is 1. The van der Waals surface area contributed by atoms with Gasteiger partial charge in [0.15, 0.2) is 0 Å². The quantitative estimate of drug-likeness (QED) is 0.667. The summed E-state index contributed by atoms with van der Waals surface area (Å²) in [4.78, 5) is 28.9. The van der Waals surface area contributed by atoms with Crippen molar-refractivity contribution in [3.8, 4) is 0 Å². The number of hydrogen-bond donors (Lipinski definition) is 0. The zero-order valence-electron chi connectivity index (χ0n) is 17.2. The Morgan fingerprint density at radius 3 is 2.72 bits per heavy atom. The first kappa shape index (κ1) is 18.3. The van der Waals surface area contributed by atoms with E-state index in [-0.39, 0.29) is 11.6 Å². The van der Waals surface area contributed by atoms with Gasteiger partial charge in [0.2, 0.25) is 5.95 Å². The van der Waals surface area contributed by atoms with Crippen molar-refractivity contribution in [3.05, 3.63) is 46.4 Å². The Hall–Kier alpha value is -2.70. The van der Waals surface area contributed by atoms with Crippen LogP contribution in [-0.2, 0) is 13.0 Å². The van der Waals surface area contributed by atoms with Crippen LogP contribution in [0, 0.1) is 12.8 Å². The van der Waals surface area contributed by atoms with E-state index in [0.717, 1.165) is 67.3 Å². The molecule has 0 unspecified atom stereocenters. The molecule has 3 aromatic rings. The maximum absolute atomic E-state index is 12.8. The normalized spacial score (nSPS) is 17.9. The third kappa shape index (κ3) is 3.22. The first-order valence-corrected chi connectivity index (χ1v) is 10.8. The zero-order valence-corrected chi connectivity index (χ0v) is 17.2. The Morgan fingerprint density at radius 2 is 1.97 bits per heavy atom.